The van der Waals surface area contributed by atoms with Crippen molar-refractivity contribution >= 4 is 0 Å². The van der Waals surface area contributed by atoms with Gasteiger partial charge in [-0.15, -0.1) is 0 Å². The van der Waals surface area contributed by atoms with E-state index in [9.17, 15) is 4.39 Å². The van der Waals surface area contributed by atoms with Crippen molar-refractivity contribution in [3.8, 4) is 11.1 Å². The molecule has 0 aliphatic carbocycles. The van der Waals surface area contributed by atoms with Gasteiger partial charge in [-0.05, 0) is 41.2 Å². The highest BCUT2D eigenvalue weighted by Crippen LogP contribution is 2.25. The third-order valence-corrected chi connectivity index (χ3v) is 3.15. The van der Waals surface area contributed by atoms with Crippen molar-refractivity contribution in [2.75, 3.05) is 0 Å². The minimum Gasteiger partial charge on any atom is -0.326 e. The van der Waals surface area contributed by atoms with Crippen LogP contribution in [-0.2, 0) is 13.0 Å². The van der Waals surface area contributed by atoms with Crippen LogP contribution >= 0.6 is 0 Å². The topological polar surface area (TPSA) is 26.0 Å². The summed E-state index contributed by atoms with van der Waals surface area (Å²) < 4.78 is 13.9. The van der Waals surface area contributed by atoms with Gasteiger partial charge in [0.05, 0.1) is 0 Å². The summed E-state index contributed by atoms with van der Waals surface area (Å²) in [4.78, 5) is 0. The molecule has 0 heterocycles. The normalized spacial score (nSPS) is 11.0. The van der Waals surface area contributed by atoms with Crippen LogP contribution in [0.4, 0.5) is 4.39 Å². The zero-order valence-electron chi connectivity index (χ0n) is 11.5. The Morgan fingerprint density at radius 3 is 2.53 bits per heavy atom. The van der Waals surface area contributed by atoms with E-state index >= 15 is 0 Å². The summed E-state index contributed by atoms with van der Waals surface area (Å²) in [6.07, 6.45) is 1.01. The molecule has 100 valence electrons. The average molecular weight is 257 g/mol. The average Bonchev–Trinajstić information content (AvgIpc) is 2.39. The predicted molar refractivity (Wildman–Crippen MR) is 78.3 cm³/mol. The zero-order valence-corrected chi connectivity index (χ0v) is 11.5. The van der Waals surface area contributed by atoms with Crippen molar-refractivity contribution in [2.45, 2.75) is 26.8 Å². The van der Waals surface area contributed by atoms with Gasteiger partial charge in [0.15, 0.2) is 0 Å². The molecule has 0 aliphatic heterocycles. The van der Waals surface area contributed by atoms with Gasteiger partial charge in [-0.1, -0.05) is 44.2 Å². The van der Waals surface area contributed by atoms with Gasteiger partial charge in [-0.3, -0.25) is 0 Å². The lowest BCUT2D eigenvalue weighted by molar-refractivity contribution is 0.630. The Hall–Kier alpha value is -1.67. The number of halogens is 1. The zero-order chi connectivity index (χ0) is 13.8. The molecule has 0 bridgehead atoms. The summed E-state index contributed by atoms with van der Waals surface area (Å²) in [5.41, 5.74) is 9.37. The number of hydrogen-bond donors (Lipinski definition) is 1. The Kier molecular flexibility index (Phi) is 4.33. The lowest BCUT2D eigenvalue weighted by Crippen LogP contribution is -1.98. The fourth-order valence-electron chi connectivity index (χ4n) is 2.26. The highest BCUT2D eigenvalue weighted by molar-refractivity contribution is 5.65. The maximum Gasteiger partial charge on any atom is 0.131 e. The van der Waals surface area contributed by atoms with Gasteiger partial charge >= 0.3 is 0 Å². The van der Waals surface area contributed by atoms with E-state index in [1.54, 1.807) is 6.07 Å². The molecular weight excluding hydrogens is 237 g/mol. The molecular formula is C17H20FN. The summed E-state index contributed by atoms with van der Waals surface area (Å²) in [6, 6.07) is 13.2. The number of hydrogen-bond acceptors (Lipinski definition) is 1. The standard InChI is InChI=1S/C17H20FN/c1-12(2)8-13-4-3-5-15(9-13)16-10-14(11-19)6-7-17(16)18/h3-7,9-10,12H,8,11,19H2,1-2H3. The molecule has 0 atom stereocenters. The van der Waals surface area contributed by atoms with Gasteiger partial charge < -0.3 is 5.73 Å². The molecule has 0 saturated carbocycles. The fourth-order valence-corrected chi connectivity index (χ4v) is 2.26. The second-order valence-corrected chi connectivity index (χ2v) is 5.32. The van der Waals surface area contributed by atoms with Crippen LogP contribution in [0.5, 0.6) is 0 Å². The molecule has 0 aliphatic rings. The van der Waals surface area contributed by atoms with Crippen LogP contribution in [0.15, 0.2) is 42.5 Å². The molecule has 1 nitrogen and oxygen atoms in total. The molecule has 19 heavy (non-hydrogen) atoms. The first kappa shape index (κ1) is 13.8. The van der Waals surface area contributed by atoms with Gasteiger partial charge in [0.2, 0.25) is 0 Å². The minimum absolute atomic E-state index is 0.195. The Morgan fingerprint density at radius 2 is 1.84 bits per heavy atom. The largest absolute Gasteiger partial charge is 0.326 e. The van der Waals surface area contributed by atoms with Crippen LogP contribution < -0.4 is 5.73 Å². The summed E-state index contributed by atoms with van der Waals surface area (Å²) >= 11 is 0. The van der Waals surface area contributed by atoms with E-state index < -0.39 is 0 Å². The van der Waals surface area contributed by atoms with Crippen molar-refractivity contribution in [1.82, 2.24) is 0 Å². The summed E-state index contributed by atoms with van der Waals surface area (Å²) in [5.74, 6) is 0.398. The fraction of sp³-hybridized carbons (Fsp3) is 0.294. The van der Waals surface area contributed by atoms with E-state index in [1.807, 2.05) is 18.2 Å². The first-order chi connectivity index (χ1) is 9.10. The van der Waals surface area contributed by atoms with Crippen LogP contribution in [0.2, 0.25) is 0 Å². The highest BCUT2D eigenvalue weighted by atomic mass is 19.1. The lowest BCUT2D eigenvalue weighted by atomic mass is 9.97. The van der Waals surface area contributed by atoms with Crippen molar-refractivity contribution < 1.29 is 4.39 Å². The van der Waals surface area contributed by atoms with Crippen molar-refractivity contribution in [3.05, 3.63) is 59.4 Å². The maximum absolute atomic E-state index is 13.9. The summed E-state index contributed by atoms with van der Waals surface area (Å²) in [7, 11) is 0. The summed E-state index contributed by atoms with van der Waals surface area (Å²) in [5, 5.41) is 0. The van der Waals surface area contributed by atoms with Crippen LogP contribution in [0.25, 0.3) is 11.1 Å². The molecule has 0 fully saturated rings. The molecule has 0 amide bonds. The molecule has 0 spiro atoms. The van der Waals surface area contributed by atoms with Gasteiger partial charge in [-0.2, -0.15) is 0 Å². The number of benzene rings is 2. The predicted octanol–water partition coefficient (Wildman–Crippen LogP) is 4.15. The molecule has 2 aromatic rings. The Morgan fingerprint density at radius 1 is 1.05 bits per heavy atom. The quantitative estimate of drug-likeness (QED) is 0.874. The van der Waals surface area contributed by atoms with E-state index in [0.717, 1.165) is 17.5 Å². The number of nitrogens with two attached hydrogens (primary N) is 1. The summed E-state index contributed by atoms with van der Waals surface area (Å²) in [6.45, 7) is 4.80. The second-order valence-electron chi connectivity index (χ2n) is 5.32. The van der Waals surface area contributed by atoms with Crippen molar-refractivity contribution in [1.29, 1.82) is 0 Å². The van der Waals surface area contributed by atoms with E-state index in [-0.39, 0.29) is 5.82 Å². The molecule has 0 aromatic heterocycles. The van der Waals surface area contributed by atoms with Crippen LogP contribution in [0.1, 0.15) is 25.0 Å². The van der Waals surface area contributed by atoms with Gasteiger partial charge in [0, 0.05) is 12.1 Å². The SMILES string of the molecule is CC(C)Cc1cccc(-c2cc(CN)ccc2F)c1. The monoisotopic (exact) mass is 257 g/mol. The first-order valence-electron chi connectivity index (χ1n) is 6.68. The molecule has 0 unspecified atom stereocenters. The molecule has 2 aromatic carbocycles. The molecule has 2 heteroatoms. The molecule has 2 N–H and O–H groups in total. The highest BCUT2D eigenvalue weighted by Gasteiger charge is 2.07. The van der Waals surface area contributed by atoms with Crippen LogP contribution in [0, 0.1) is 11.7 Å². The van der Waals surface area contributed by atoms with Crippen molar-refractivity contribution in [2.24, 2.45) is 11.7 Å². The van der Waals surface area contributed by atoms with E-state index in [2.05, 4.69) is 26.0 Å². The Labute approximate surface area is 114 Å². The van der Waals surface area contributed by atoms with E-state index in [0.29, 0.717) is 18.0 Å². The van der Waals surface area contributed by atoms with Gasteiger partial charge in [0.25, 0.3) is 0 Å². The second kappa shape index (κ2) is 5.98. The molecule has 2 rings (SSSR count). The Bertz CT molecular complexity index is 561. The van der Waals surface area contributed by atoms with Gasteiger partial charge in [-0.25, -0.2) is 4.39 Å². The Balaban J connectivity index is 2.41. The van der Waals surface area contributed by atoms with Crippen LogP contribution in [0.3, 0.4) is 0 Å². The smallest absolute Gasteiger partial charge is 0.131 e. The molecule has 0 radical (unpaired) electrons. The van der Waals surface area contributed by atoms with Crippen molar-refractivity contribution in [3.63, 3.8) is 0 Å². The lowest BCUT2D eigenvalue weighted by Gasteiger charge is -2.09. The minimum atomic E-state index is -0.195. The third-order valence-electron chi connectivity index (χ3n) is 3.15. The maximum atomic E-state index is 13.9. The number of rotatable bonds is 4. The third kappa shape index (κ3) is 3.42. The van der Waals surface area contributed by atoms with E-state index in [1.165, 1.54) is 11.6 Å². The van der Waals surface area contributed by atoms with Gasteiger partial charge in [0.1, 0.15) is 5.82 Å². The van der Waals surface area contributed by atoms with Crippen LogP contribution in [-0.4, -0.2) is 0 Å². The molecule has 0 saturated heterocycles. The van der Waals surface area contributed by atoms with E-state index in [4.69, 9.17) is 5.73 Å². The first-order valence-corrected chi connectivity index (χ1v) is 6.68.